The van der Waals surface area contributed by atoms with E-state index in [4.69, 9.17) is 29.0 Å². The molecule has 4 N–H and O–H groups in total. The molecule has 2 atom stereocenters. The van der Waals surface area contributed by atoms with Gasteiger partial charge in [-0.05, 0) is 95.5 Å². The van der Waals surface area contributed by atoms with Crippen LogP contribution in [-0.4, -0.2) is 105 Å². The standard InChI is InChI=1S/C25H25FN2O5S.C19H21BrN2O5S.C6H6BFO2.2CH3.2W/c1-4-33-23-14-16(12-13-22(23)32-2)21(15-34(3,30)31)28-20-11-7-9-18(24(20)27-25(28)29)17-8-5-6-10-19(17)26;1-4-27-17-10-12(8-9-16(17)26-2)15(11-28(3,24)25)22-14-7-5-6-13(20)18(14)21-19(22)23;8-6-4-2-1-3-5(6)7(9)10;;;;/h5-14,21H,4,15H2,1-3H3,(H,27,29);5-10,15H,4,11H2,1-3H3,(H,21,23);1-4,9-10H;2*1H3;;/q;;;2*-1;;/t21-;15-;;;;;/m11...../s1. The van der Waals surface area contributed by atoms with Crippen molar-refractivity contribution < 1.29 is 96.7 Å². The first-order valence-corrected chi connectivity index (χ1v) is 27.1. The number of nitrogens with one attached hydrogen (secondary N) is 2. The Hall–Kier alpha value is -5.34. The van der Waals surface area contributed by atoms with Crippen LogP contribution < -0.4 is 35.8 Å². The van der Waals surface area contributed by atoms with Crippen molar-refractivity contribution in [2.45, 2.75) is 25.9 Å². The second-order valence-electron chi connectivity index (χ2n) is 16.2. The van der Waals surface area contributed by atoms with Gasteiger partial charge in [0.05, 0.1) is 73.1 Å². The predicted octanol–water partition coefficient (Wildman–Crippen LogP) is 7.71. The van der Waals surface area contributed by atoms with Crippen molar-refractivity contribution in [3.8, 4) is 34.1 Å². The van der Waals surface area contributed by atoms with Gasteiger partial charge < -0.3 is 53.8 Å². The van der Waals surface area contributed by atoms with E-state index in [-0.39, 0.29) is 79.6 Å². The predicted molar refractivity (Wildman–Crippen MR) is 291 cm³/mol. The molecule has 24 heteroatoms. The minimum absolute atomic E-state index is 0. The number of halogens is 3. The summed E-state index contributed by atoms with van der Waals surface area (Å²) in [6, 6.07) is 31.0. The summed E-state index contributed by atoms with van der Waals surface area (Å²) in [5.74, 6) is 0.405. The summed E-state index contributed by atoms with van der Waals surface area (Å²) < 4.78 is 102. The number of para-hydroxylation sites is 2. The summed E-state index contributed by atoms with van der Waals surface area (Å²) in [6.45, 7) is 4.49. The number of aromatic amines is 2. The second kappa shape index (κ2) is 29.4. The molecule has 16 nitrogen and oxygen atoms in total. The molecule has 2 aromatic heterocycles. The van der Waals surface area contributed by atoms with Gasteiger partial charge in [0.1, 0.15) is 31.3 Å². The number of methoxy groups -OCH3 is 2. The summed E-state index contributed by atoms with van der Waals surface area (Å²) in [4.78, 5) is 31.6. The van der Waals surface area contributed by atoms with Crippen LogP contribution in [0.1, 0.15) is 37.1 Å². The maximum atomic E-state index is 14.5. The zero-order valence-electron chi connectivity index (χ0n) is 42.7. The van der Waals surface area contributed by atoms with Crippen LogP contribution in [-0.2, 0) is 61.8 Å². The Balaban J connectivity index is 0.000000425. The maximum Gasteiger partial charge on any atom is 0.491 e. The number of hydrogen-bond donors (Lipinski definition) is 4. The third-order valence-corrected chi connectivity index (χ3v) is 13.6. The van der Waals surface area contributed by atoms with Gasteiger partial charge in [0.15, 0.2) is 23.0 Å². The molecular weight excluding hydrogens is 1430 g/mol. The van der Waals surface area contributed by atoms with E-state index >= 15 is 0 Å². The third-order valence-electron chi connectivity index (χ3n) is 11.1. The number of fused-ring (bicyclic) bond motifs is 2. The number of sulfone groups is 2. The summed E-state index contributed by atoms with van der Waals surface area (Å²) in [7, 11) is -5.56. The van der Waals surface area contributed by atoms with Crippen molar-refractivity contribution in [3.05, 3.63) is 184 Å². The molecule has 0 bridgehead atoms. The number of benzene rings is 6. The molecule has 0 aliphatic carbocycles. The van der Waals surface area contributed by atoms with Crippen LogP contribution in [0.25, 0.3) is 33.2 Å². The van der Waals surface area contributed by atoms with Gasteiger partial charge in [0, 0.05) is 75.7 Å². The van der Waals surface area contributed by atoms with Crippen molar-refractivity contribution in [3.63, 3.8) is 0 Å². The van der Waals surface area contributed by atoms with E-state index in [0.29, 0.717) is 80.5 Å². The number of rotatable bonds is 16. The molecule has 0 aliphatic heterocycles. The molecule has 76 heavy (non-hydrogen) atoms. The van der Waals surface area contributed by atoms with E-state index in [2.05, 4.69) is 25.9 Å². The fourth-order valence-corrected chi connectivity index (χ4v) is 10.3. The Labute approximate surface area is 478 Å². The third kappa shape index (κ3) is 16.3. The number of hydrogen-bond acceptors (Lipinski definition) is 12. The van der Waals surface area contributed by atoms with Crippen LogP contribution in [0.4, 0.5) is 8.78 Å². The van der Waals surface area contributed by atoms with Gasteiger partial charge in [-0.3, -0.25) is 9.13 Å². The summed E-state index contributed by atoms with van der Waals surface area (Å²) in [5, 5.41) is 17.0. The zero-order valence-corrected chi connectivity index (χ0v) is 51.8. The molecule has 8 aromatic rings. The van der Waals surface area contributed by atoms with Gasteiger partial charge in [0.25, 0.3) is 0 Å². The van der Waals surface area contributed by atoms with E-state index in [1.165, 1.54) is 53.7 Å². The fourth-order valence-electron chi connectivity index (χ4n) is 8.02. The minimum atomic E-state index is -3.50. The van der Waals surface area contributed by atoms with Gasteiger partial charge >= 0.3 is 18.5 Å². The van der Waals surface area contributed by atoms with Crippen LogP contribution in [0, 0.1) is 26.5 Å². The Morgan fingerprint density at radius 1 is 0.592 bits per heavy atom. The van der Waals surface area contributed by atoms with Crippen molar-refractivity contribution in [1.82, 2.24) is 19.1 Å². The molecule has 0 aliphatic rings. The molecule has 0 amide bonds. The maximum absolute atomic E-state index is 14.5. The molecule has 408 valence electrons. The van der Waals surface area contributed by atoms with Crippen LogP contribution in [0.2, 0.25) is 0 Å². The van der Waals surface area contributed by atoms with Crippen LogP contribution in [0.3, 0.4) is 0 Å². The number of H-pyrrole nitrogens is 2. The Morgan fingerprint density at radius 3 is 1.43 bits per heavy atom. The van der Waals surface area contributed by atoms with Gasteiger partial charge in [-0.1, -0.05) is 66.7 Å². The Kier molecular flexibility index (Phi) is 25.8. The van der Waals surface area contributed by atoms with E-state index in [0.717, 1.165) is 17.0 Å². The molecule has 8 rings (SSSR count). The van der Waals surface area contributed by atoms with Gasteiger partial charge in [-0.15, -0.1) is 0 Å². The van der Waals surface area contributed by atoms with Gasteiger partial charge in [-0.2, -0.15) is 0 Å². The first-order chi connectivity index (χ1) is 34.2. The Morgan fingerprint density at radius 2 is 1.01 bits per heavy atom. The topological polar surface area (TPSA) is 221 Å². The fraction of sp³-hybridized carbons (Fsp3) is 0.231. The average Bonchev–Trinajstić information content (AvgIpc) is 3.86. The number of ether oxygens (including phenoxy) is 4. The van der Waals surface area contributed by atoms with Gasteiger partial charge in [-0.25, -0.2) is 35.2 Å². The SMILES string of the molecule is CCOc1cc([C@@H](CS(C)(=O)=O)n2c(=O)[nH]c3c(-c4ccccc4F)cccc32)ccc1OC.CCOc1cc([C@@H](CS(C)(=O)=O)n2c(=O)[nH]c3c(Br)cccc32)ccc1OC.OB(O)c1ccccc1F.[CH3-].[CH3-].[W].[W]. The largest absolute Gasteiger partial charge is 0.493 e. The number of aromatic nitrogens is 4. The summed E-state index contributed by atoms with van der Waals surface area (Å²) >= 11 is 3.42. The van der Waals surface area contributed by atoms with Crippen molar-refractivity contribution in [2.75, 3.05) is 51.5 Å². The van der Waals surface area contributed by atoms with Crippen molar-refractivity contribution in [2.24, 2.45) is 0 Å². The Bertz CT molecular complexity index is 3560. The quantitative estimate of drug-likeness (QED) is 0.0540. The summed E-state index contributed by atoms with van der Waals surface area (Å²) in [5.41, 5.74) is 3.19. The van der Waals surface area contributed by atoms with E-state index in [1.54, 1.807) is 84.9 Å². The van der Waals surface area contributed by atoms with Crippen molar-refractivity contribution >= 4 is 70.3 Å². The minimum Gasteiger partial charge on any atom is -0.493 e. The van der Waals surface area contributed by atoms with E-state index < -0.39 is 56.2 Å². The van der Waals surface area contributed by atoms with E-state index in [1.807, 2.05) is 19.9 Å². The molecular formula is C52H58BBrF2N4O12S2W2-2. The van der Waals surface area contributed by atoms with Crippen LogP contribution in [0.5, 0.6) is 23.0 Å². The van der Waals surface area contributed by atoms with Gasteiger partial charge in [0.2, 0.25) is 0 Å². The first-order valence-electron chi connectivity index (χ1n) is 22.1. The smallest absolute Gasteiger partial charge is 0.491 e. The second-order valence-corrected chi connectivity index (χ2v) is 21.4. The zero-order chi connectivity index (χ0) is 52.5. The molecule has 0 fully saturated rings. The normalized spacial score (nSPS) is 11.6. The van der Waals surface area contributed by atoms with Crippen molar-refractivity contribution in [1.29, 1.82) is 0 Å². The molecule has 0 radical (unpaired) electrons. The van der Waals surface area contributed by atoms with E-state index in [9.17, 15) is 35.2 Å². The monoisotopic (exact) mass is 1490 g/mol. The molecule has 2 heterocycles. The molecule has 0 saturated heterocycles. The average molecular weight is 1490 g/mol. The molecule has 0 spiro atoms. The molecule has 6 aromatic carbocycles. The van der Waals surface area contributed by atoms with Crippen LogP contribution in [0.15, 0.2) is 135 Å². The summed E-state index contributed by atoms with van der Waals surface area (Å²) in [6.07, 6.45) is 2.28. The number of imidazole rings is 2. The number of nitrogens with zero attached hydrogens (tertiary/aromatic N) is 2. The van der Waals surface area contributed by atoms with Crippen LogP contribution >= 0.6 is 15.9 Å². The molecule has 0 unspecified atom stereocenters. The molecule has 0 saturated carbocycles. The first kappa shape index (κ1) is 66.8.